The van der Waals surface area contributed by atoms with Crippen LogP contribution in [0.15, 0.2) is 49.1 Å². The molecule has 0 fully saturated rings. The number of hydrogen-bond acceptors (Lipinski definition) is 3. The van der Waals surface area contributed by atoms with Crippen LogP contribution in [0.1, 0.15) is 23.6 Å². The SMILES string of the molecule is C=CCc1cc(CNc2ccc(C)cc2)cc(OCC)c1OC. The van der Waals surface area contributed by atoms with E-state index >= 15 is 0 Å². The summed E-state index contributed by atoms with van der Waals surface area (Å²) in [5.74, 6) is 1.58. The summed E-state index contributed by atoms with van der Waals surface area (Å²) in [5, 5.41) is 3.44. The van der Waals surface area contributed by atoms with Crippen LogP contribution in [0.4, 0.5) is 5.69 Å². The molecule has 3 heteroatoms. The molecule has 0 saturated carbocycles. The van der Waals surface area contributed by atoms with E-state index in [0.29, 0.717) is 6.61 Å². The summed E-state index contributed by atoms with van der Waals surface area (Å²) in [5.41, 5.74) is 4.61. The third-order valence-electron chi connectivity index (χ3n) is 3.61. The van der Waals surface area contributed by atoms with Gasteiger partial charge in [-0.1, -0.05) is 23.8 Å². The first kappa shape index (κ1) is 16.9. The highest BCUT2D eigenvalue weighted by Gasteiger charge is 2.12. The lowest BCUT2D eigenvalue weighted by Gasteiger charge is -2.16. The molecule has 23 heavy (non-hydrogen) atoms. The number of hydrogen-bond donors (Lipinski definition) is 1. The maximum Gasteiger partial charge on any atom is 0.164 e. The maximum atomic E-state index is 5.74. The monoisotopic (exact) mass is 311 g/mol. The third kappa shape index (κ3) is 4.52. The predicted octanol–water partition coefficient (Wildman–Crippen LogP) is 4.74. The van der Waals surface area contributed by atoms with E-state index < -0.39 is 0 Å². The Morgan fingerprint density at radius 3 is 2.52 bits per heavy atom. The zero-order chi connectivity index (χ0) is 16.7. The summed E-state index contributed by atoms with van der Waals surface area (Å²) >= 11 is 0. The molecule has 2 rings (SSSR count). The normalized spacial score (nSPS) is 10.2. The van der Waals surface area contributed by atoms with Crippen molar-refractivity contribution < 1.29 is 9.47 Å². The van der Waals surface area contributed by atoms with Gasteiger partial charge < -0.3 is 14.8 Å². The first-order valence-electron chi connectivity index (χ1n) is 7.92. The van der Waals surface area contributed by atoms with Crippen molar-refractivity contribution in [2.75, 3.05) is 19.0 Å². The number of anilines is 1. The summed E-state index contributed by atoms with van der Waals surface area (Å²) in [6.45, 7) is 9.23. The van der Waals surface area contributed by atoms with Gasteiger partial charge in [-0.25, -0.2) is 0 Å². The number of methoxy groups -OCH3 is 1. The first-order valence-corrected chi connectivity index (χ1v) is 7.92. The summed E-state index contributed by atoms with van der Waals surface area (Å²) in [6, 6.07) is 12.6. The molecule has 1 N–H and O–H groups in total. The lowest BCUT2D eigenvalue weighted by Crippen LogP contribution is -2.04. The number of allylic oxidation sites excluding steroid dienone is 1. The van der Waals surface area contributed by atoms with Crippen LogP contribution in [-0.4, -0.2) is 13.7 Å². The topological polar surface area (TPSA) is 30.5 Å². The van der Waals surface area contributed by atoms with Gasteiger partial charge in [0.1, 0.15) is 0 Å². The second-order valence-electron chi connectivity index (χ2n) is 5.43. The molecule has 0 unspecified atom stereocenters. The molecule has 0 aliphatic heterocycles. The van der Waals surface area contributed by atoms with Crippen molar-refractivity contribution in [3.05, 3.63) is 65.7 Å². The Kier molecular flexibility index (Phi) is 6.10. The highest BCUT2D eigenvalue weighted by atomic mass is 16.5. The van der Waals surface area contributed by atoms with Crippen LogP contribution in [0.2, 0.25) is 0 Å². The lowest BCUT2D eigenvalue weighted by molar-refractivity contribution is 0.309. The Bertz CT molecular complexity index is 647. The van der Waals surface area contributed by atoms with E-state index in [1.807, 2.05) is 19.1 Å². The smallest absolute Gasteiger partial charge is 0.164 e. The molecule has 0 bridgehead atoms. The fourth-order valence-electron chi connectivity index (χ4n) is 2.50. The lowest BCUT2D eigenvalue weighted by atomic mass is 10.1. The molecular formula is C20H25NO2. The average Bonchev–Trinajstić information content (AvgIpc) is 2.55. The van der Waals surface area contributed by atoms with Gasteiger partial charge in [0.05, 0.1) is 13.7 Å². The highest BCUT2D eigenvalue weighted by Crippen LogP contribution is 2.33. The second kappa shape index (κ2) is 8.28. The van der Waals surface area contributed by atoms with E-state index in [1.54, 1.807) is 7.11 Å². The Hall–Kier alpha value is -2.42. The molecular weight excluding hydrogens is 286 g/mol. The molecule has 2 aromatic rings. The van der Waals surface area contributed by atoms with Crippen molar-refractivity contribution in [3.8, 4) is 11.5 Å². The molecule has 2 aromatic carbocycles. The van der Waals surface area contributed by atoms with Crippen LogP contribution >= 0.6 is 0 Å². The molecule has 3 nitrogen and oxygen atoms in total. The molecule has 0 atom stereocenters. The Morgan fingerprint density at radius 1 is 1.17 bits per heavy atom. The minimum absolute atomic E-state index is 0.610. The van der Waals surface area contributed by atoms with Gasteiger partial charge >= 0.3 is 0 Å². The number of benzene rings is 2. The molecule has 0 aromatic heterocycles. The number of rotatable bonds is 8. The summed E-state index contributed by atoms with van der Waals surface area (Å²) in [6.07, 6.45) is 2.63. The van der Waals surface area contributed by atoms with Crippen LogP contribution in [0.25, 0.3) is 0 Å². The Labute approximate surface area is 138 Å². The molecule has 0 saturated heterocycles. The van der Waals surface area contributed by atoms with Crippen LogP contribution in [0.3, 0.4) is 0 Å². The molecule has 0 radical (unpaired) electrons. The molecule has 122 valence electrons. The largest absolute Gasteiger partial charge is 0.493 e. The molecule has 0 amide bonds. The summed E-state index contributed by atoms with van der Waals surface area (Å²) in [7, 11) is 1.68. The van der Waals surface area contributed by atoms with E-state index in [2.05, 4.69) is 49.2 Å². The molecule has 0 heterocycles. The van der Waals surface area contributed by atoms with Gasteiger partial charge in [-0.05, 0) is 50.1 Å². The zero-order valence-corrected chi connectivity index (χ0v) is 14.2. The fourth-order valence-corrected chi connectivity index (χ4v) is 2.50. The van der Waals surface area contributed by atoms with Gasteiger partial charge in [-0.2, -0.15) is 0 Å². The standard InChI is InChI=1S/C20H25NO2/c1-5-7-17-12-16(13-19(23-6-2)20(17)22-4)14-21-18-10-8-15(3)9-11-18/h5,8-13,21H,1,6-7,14H2,2-4H3. The minimum Gasteiger partial charge on any atom is -0.493 e. The molecule has 0 aliphatic carbocycles. The van der Waals surface area contributed by atoms with E-state index in [-0.39, 0.29) is 0 Å². The Balaban J connectivity index is 2.22. The fraction of sp³-hybridized carbons (Fsp3) is 0.300. The van der Waals surface area contributed by atoms with Crippen LogP contribution in [0.5, 0.6) is 11.5 Å². The maximum absolute atomic E-state index is 5.74. The van der Waals surface area contributed by atoms with Crippen LogP contribution < -0.4 is 14.8 Å². The van der Waals surface area contributed by atoms with Gasteiger partial charge in [0.2, 0.25) is 0 Å². The van der Waals surface area contributed by atoms with Crippen molar-refractivity contribution in [1.82, 2.24) is 0 Å². The number of aryl methyl sites for hydroxylation is 1. The minimum atomic E-state index is 0.610. The summed E-state index contributed by atoms with van der Waals surface area (Å²) in [4.78, 5) is 0. The van der Waals surface area contributed by atoms with Crippen molar-refractivity contribution in [2.45, 2.75) is 26.8 Å². The van der Waals surface area contributed by atoms with Gasteiger partial charge in [0.25, 0.3) is 0 Å². The Morgan fingerprint density at radius 2 is 1.91 bits per heavy atom. The van der Waals surface area contributed by atoms with E-state index in [9.17, 15) is 0 Å². The number of nitrogens with one attached hydrogen (secondary N) is 1. The van der Waals surface area contributed by atoms with Crippen molar-refractivity contribution in [3.63, 3.8) is 0 Å². The van der Waals surface area contributed by atoms with Gasteiger partial charge in [-0.15, -0.1) is 6.58 Å². The quantitative estimate of drug-likeness (QED) is 0.714. The van der Waals surface area contributed by atoms with Crippen molar-refractivity contribution in [2.24, 2.45) is 0 Å². The van der Waals surface area contributed by atoms with E-state index in [1.165, 1.54) is 5.56 Å². The summed E-state index contributed by atoms with van der Waals surface area (Å²) < 4.78 is 11.3. The van der Waals surface area contributed by atoms with Crippen LogP contribution in [-0.2, 0) is 13.0 Å². The van der Waals surface area contributed by atoms with Gasteiger partial charge in [-0.3, -0.25) is 0 Å². The molecule has 0 spiro atoms. The van der Waals surface area contributed by atoms with Crippen molar-refractivity contribution >= 4 is 5.69 Å². The van der Waals surface area contributed by atoms with Crippen LogP contribution in [0, 0.1) is 6.92 Å². The third-order valence-corrected chi connectivity index (χ3v) is 3.61. The zero-order valence-electron chi connectivity index (χ0n) is 14.2. The van der Waals surface area contributed by atoms with Gasteiger partial charge in [0.15, 0.2) is 11.5 Å². The second-order valence-corrected chi connectivity index (χ2v) is 5.43. The van der Waals surface area contributed by atoms with E-state index in [4.69, 9.17) is 9.47 Å². The number of ether oxygens (including phenoxy) is 2. The first-order chi connectivity index (χ1) is 11.2. The van der Waals surface area contributed by atoms with Gasteiger partial charge in [0, 0.05) is 17.8 Å². The average molecular weight is 311 g/mol. The predicted molar refractivity (Wildman–Crippen MR) is 96.6 cm³/mol. The van der Waals surface area contributed by atoms with E-state index in [0.717, 1.165) is 41.3 Å². The highest BCUT2D eigenvalue weighted by molar-refractivity contribution is 5.52. The van der Waals surface area contributed by atoms with Crippen molar-refractivity contribution in [1.29, 1.82) is 0 Å². The molecule has 0 aliphatic rings.